The van der Waals surface area contributed by atoms with Crippen LogP contribution in [-0.2, 0) is 4.79 Å². The molecule has 1 aliphatic heterocycles. The molecule has 1 amide bonds. The summed E-state index contributed by atoms with van der Waals surface area (Å²) in [6, 6.07) is 10.6. The Morgan fingerprint density at radius 3 is 2.46 bits per heavy atom. The number of carboxylic acids is 1. The third kappa shape index (κ3) is 4.91. The number of ketones is 1. The van der Waals surface area contributed by atoms with E-state index in [2.05, 4.69) is 37.1 Å². The predicted octanol–water partition coefficient (Wildman–Crippen LogP) is 1.34. The number of H-pyrrole nitrogens is 2. The second-order valence-corrected chi connectivity index (χ2v) is 8.93. The van der Waals surface area contributed by atoms with Gasteiger partial charge in [-0.15, -0.1) is 5.10 Å². The van der Waals surface area contributed by atoms with E-state index in [4.69, 9.17) is 10.6 Å². The van der Waals surface area contributed by atoms with Crippen molar-refractivity contribution in [1.82, 2.24) is 30.0 Å². The number of carbonyl (C=O) groups excluding carboxylic acids is 2. The lowest BCUT2D eigenvalue weighted by atomic mass is 10.1. The summed E-state index contributed by atoms with van der Waals surface area (Å²) in [6.07, 6.45) is 2.80. The Bertz CT molecular complexity index is 1650. The minimum atomic E-state index is -1.18. The van der Waals surface area contributed by atoms with Crippen LogP contribution in [0.3, 0.4) is 0 Å². The number of Topliss-reactive ketones (excluding diaryl/α,β-unsaturated/α-hetero) is 1. The number of amides is 1. The van der Waals surface area contributed by atoms with E-state index >= 15 is 0 Å². The van der Waals surface area contributed by atoms with Crippen LogP contribution >= 0.6 is 0 Å². The van der Waals surface area contributed by atoms with Crippen LogP contribution in [-0.4, -0.2) is 98.7 Å². The van der Waals surface area contributed by atoms with Crippen molar-refractivity contribution in [2.24, 2.45) is 16.0 Å². The van der Waals surface area contributed by atoms with Crippen molar-refractivity contribution in [3.63, 3.8) is 0 Å². The number of nitrogens with one attached hydrogen (secondary N) is 2. The molecule has 5 rings (SSSR count). The Morgan fingerprint density at radius 2 is 1.85 bits per heavy atom. The number of piperazine rings is 1. The van der Waals surface area contributed by atoms with E-state index in [1.807, 2.05) is 35.2 Å². The largest absolute Gasteiger partial charge is 0.494 e. The van der Waals surface area contributed by atoms with Crippen molar-refractivity contribution in [1.29, 1.82) is 0 Å². The zero-order valence-electron chi connectivity index (χ0n) is 21.9. The van der Waals surface area contributed by atoms with Crippen LogP contribution in [0.4, 0.5) is 5.69 Å². The number of methoxy groups -OCH3 is 1. The number of benzene rings is 1. The maximum atomic E-state index is 13.5. The van der Waals surface area contributed by atoms with Crippen molar-refractivity contribution in [2.45, 2.75) is 0 Å². The van der Waals surface area contributed by atoms with Gasteiger partial charge in [0, 0.05) is 45.2 Å². The Hall–Kier alpha value is -5.73. The molecule has 15 nitrogen and oxygen atoms in total. The first-order valence-corrected chi connectivity index (χ1v) is 12.4. The third-order valence-electron chi connectivity index (χ3n) is 6.68. The second kappa shape index (κ2) is 11.2. The fraction of sp³-hybridized carbons (Fsp3) is 0.192. The van der Waals surface area contributed by atoms with Crippen molar-refractivity contribution in [3.8, 4) is 17.1 Å². The molecular formula is C26H26N10O5. The average Bonchev–Trinajstić information content (AvgIpc) is 3.68. The number of nitrogens with two attached hydrogens (primary N) is 1. The quantitative estimate of drug-likeness (QED) is 0.0641. The first kappa shape index (κ1) is 26.9. The highest BCUT2D eigenvalue weighted by Crippen LogP contribution is 2.34. The molecule has 4 heterocycles. The monoisotopic (exact) mass is 558 g/mol. The van der Waals surface area contributed by atoms with Gasteiger partial charge in [-0.1, -0.05) is 18.2 Å². The number of nitrogens with zero attached hydrogens (tertiary/aromatic N) is 7. The maximum absolute atomic E-state index is 13.5. The van der Waals surface area contributed by atoms with Gasteiger partial charge in [0.1, 0.15) is 22.8 Å². The molecule has 0 bridgehead atoms. The van der Waals surface area contributed by atoms with Gasteiger partial charge in [-0.25, -0.2) is 9.78 Å². The molecule has 5 N–H and O–H groups in total. The molecule has 1 aromatic carbocycles. The molecule has 0 radical (unpaired) electrons. The normalized spacial score (nSPS) is 13.7. The lowest BCUT2D eigenvalue weighted by Crippen LogP contribution is -2.55. The molecular weight excluding hydrogens is 532 g/mol. The molecule has 0 spiro atoms. The zero-order valence-corrected chi connectivity index (χ0v) is 21.9. The molecule has 0 unspecified atom stereocenters. The van der Waals surface area contributed by atoms with Crippen LogP contribution in [0.15, 0.2) is 59.0 Å². The zero-order chi connectivity index (χ0) is 29.1. The van der Waals surface area contributed by atoms with Crippen molar-refractivity contribution < 1.29 is 24.2 Å². The number of aromatic nitrogens is 4. The highest BCUT2D eigenvalue weighted by molar-refractivity contribution is 6.45. The van der Waals surface area contributed by atoms with E-state index in [1.54, 1.807) is 0 Å². The first-order valence-electron chi connectivity index (χ1n) is 12.4. The Morgan fingerprint density at radius 1 is 1.15 bits per heavy atom. The van der Waals surface area contributed by atoms with Gasteiger partial charge in [0.2, 0.25) is 5.96 Å². The van der Waals surface area contributed by atoms with Gasteiger partial charge in [0.25, 0.3) is 11.7 Å². The van der Waals surface area contributed by atoms with Gasteiger partial charge in [0.05, 0.1) is 35.5 Å². The highest BCUT2D eigenvalue weighted by atomic mass is 16.5. The lowest BCUT2D eigenvalue weighted by Gasteiger charge is -2.37. The van der Waals surface area contributed by atoms with E-state index in [-0.39, 0.29) is 41.5 Å². The molecule has 1 aliphatic rings. The molecule has 3 aromatic heterocycles. The number of aromatic carboxylic acids is 1. The number of rotatable bonds is 7. The van der Waals surface area contributed by atoms with Gasteiger partial charge < -0.3 is 30.5 Å². The number of pyridine rings is 1. The summed E-state index contributed by atoms with van der Waals surface area (Å²) >= 11 is 0. The maximum Gasteiger partial charge on any atom is 0.353 e. The average molecular weight is 559 g/mol. The molecule has 0 atom stereocenters. The number of para-hydroxylation sites is 1. The van der Waals surface area contributed by atoms with Gasteiger partial charge in [-0.05, 0) is 12.1 Å². The SMILES string of the molecule is C=NN(/C(=N\N)N1CCN(C(=O)C(=O)c2c[nH]c3c(-c4cc(C(=O)O)[nH]n4)ncc(OC)c23)CC1)c1ccccc1. The number of ether oxygens (including phenoxy) is 1. The number of anilines is 1. The number of carbonyl (C=O) groups is 3. The molecule has 4 aromatic rings. The van der Waals surface area contributed by atoms with E-state index in [9.17, 15) is 19.5 Å². The molecule has 1 saturated heterocycles. The predicted molar refractivity (Wildman–Crippen MR) is 150 cm³/mol. The van der Waals surface area contributed by atoms with Crippen LogP contribution in [0.25, 0.3) is 22.3 Å². The molecule has 210 valence electrons. The van der Waals surface area contributed by atoms with Crippen LogP contribution < -0.4 is 15.6 Å². The molecule has 15 heteroatoms. The van der Waals surface area contributed by atoms with E-state index in [0.717, 1.165) is 5.69 Å². The highest BCUT2D eigenvalue weighted by Gasteiger charge is 2.32. The van der Waals surface area contributed by atoms with Crippen LogP contribution in [0.1, 0.15) is 20.8 Å². The Labute approximate surface area is 232 Å². The van der Waals surface area contributed by atoms with E-state index in [1.165, 1.54) is 35.5 Å². The number of fused-ring (bicyclic) bond motifs is 1. The first-order chi connectivity index (χ1) is 19.9. The molecule has 0 saturated carbocycles. The fourth-order valence-electron chi connectivity index (χ4n) is 4.67. The van der Waals surface area contributed by atoms with E-state index < -0.39 is 17.7 Å². The van der Waals surface area contributed by atoms with Crippen LogP contribution in [0, 0.1) is 0 Å². The van der Waals surface area contributed by atoms with E-state index in [0.29, 0.717) is 30.0 Å². The van der Waals surface area contributed by atoms with Crippen LogP contribution in [0.5, 0.6) is 5.75 Å². The molecule has 41 heavy (non-hydrogen) atoms. The standard InChI is InChI=1S/C26H26N10O5/c1-28-36(15-6-4-3-5-7-15)26(31-27)35-10-8-34(9-11-35)24(38)23(37)16-13-29-22-20(16)19(41-2)14-30-21(22)17-12-18(25(39)40)33-32-17/h3-7,12-14,29H,1,8-11,27H2,2H3,(H,32,33)(H,39,40)/b31-26-. The summed E-state index contributed by atoms with van der Waals surface area (Å²) in [7, 11) is 1.42. The summed E-state index contributed by atoms with van der Waals surface area (Å²) in [5.41, 5.74) is 1.59. The van der Waals surface area contributed by atoms with Crippen molar-refractivity contribution in [2.75, 3.05) is 38.3 Å². The number of hydrogen-bond donors (Lipinski definition) is 4. The van der Waals surface area contributed by atoms with Gasteiger partial charge in [-0.3, -0.25) is 14.7 Å². The molecule has 1 fully saturated rings. The number of aromatic amines is 2. The van der Waals surface area contributed by atoms with Gasteiger partial charge in [-0.2, -0.15) is 15.2 Å². The summed E-state index contributed by atoms with van der Waals surface area (Å²) < 4.78 is 5.43. The van der Waals surface area contributed by atoms with Gasteiger partial charge >= 0.3 is 5.97 Å². The smallest absolute Gasteiger partial charge is 0.353 e. The summed E-state index contributed by atoms with van der Waals surface area (Å²) in [6.45, 7) is 4.80. The Kier molecular flexibility index (Phi) is 7.32. The van der Waals surface area contributed by atoms with Crippen LogP contribution in [0.2, 0.25) is 0 Å². The number of hydrazone groups is 2. The fourth-order valence-corrected chi connectivity index (χ4v) is 4.67. The third-order valence-corrected chi connectivity index (χ3v) is 6.68. The van der Waals surface area contributed by atoms with Gasteiger partial charge in [0.15, 0.2) is 0 Å². The summed E-state index contributed by atoms with van der Waals surface area (Å²) in [5, 5.41) is 25.5. The summed E-state index contributed by atoms with van der Waals surface area (Å²) in [4.78, 5) is 48.7. The number of guanidine groups is 1. The van der Waals surface area contributed by atoms with Crippen molar-refractivity contribution in [3.05, 3.63) is 60.0 Å². The van der Waals surface area contributed by atoms with Crippen molar-refractivity contribution >= 4 is 46.9 Å². The molecule has 0 aliphatic carbocycles. The second-order valence-electron chi connectivity index (χ2n) is 8.93. The topological polar surface area (TPSA) is 198 Å². The summed E-state index contributed by atoms with van der Waals surface area (Å²) in [5.74, 6) is 3.72. The minimum Gasteiger partial charge on any atom is -0.494 e. The minimum absolute atomic E-state index is 0.0947. The lowest BCUT2D eigenvalue weighted by molar-refractivity contribution is -0.127. The number of hydrogen-bond acceptors (Lipinski definition) is 9. The number of carboxylic acid groups (broad SMARTS) is 1. The Balaban J connectivity index is 1.36.